The topological polar surface area (TPSA) is 48.7 Å². The number of rotatable bonds is 4. The van der Waals surface area contributed by atoms with Crippen molar-refractivity contribution in [3.05, 3.63) is 40.0 Å². The molecule has 0 aliphatic carbocycles. The highest BCUT2D eigenvalue weighted by molar-refractivity contribution is 5.48. The Morgan fingerprint density at radius 3 is 2.89 bits per heavy atom. The van der Waals surface area contributed by atoms with Crippen molar-refractivity contribution in [1.82, 2.24) is 0 Å². The summed E-state index contributed by atoms with van der Waals surface area (Å²) in [7, 11) is 0. The van der Waals surface area contributed by atoms with Crippen LogP contribution in [0.3, 0.4) is 0 Å². The molecule has 0 atom stereocenters. The molecule has 0 radical (unpaired) electrons. The molecule has 0 aromatic carbocycles. The summed E-state index contributed by atoms with van der Waals surface area (Å²) in [5, 5.41) is 0. The van der Waals surface area contributed by atoms with Crippen LogP contribution < -0.4 is 5.63 Å². The van der Waals surface area contributed by atoms with Gasteiger partial charge < -0.3 is 13.9 Å². The third-order valence-electron chi connectivity index (χ3n) is 2.82. The Balaban J connectivity index is 1.81. The summed E-state index contributed by atoms with van der Waals surface area (Å²) < 4.78 is 15.8. The van der Waals surface area contributed by atoms with Crippen LogP contribution in [0.5, 0.6) is 0 Å². The van der Waals surface area contributed by atoms with Crippen LogP contribution in [-0.2, 0) is 9.47 Å². The van der Waals surface area contributed by atoms with Gasteiger partial charge in [-0.2, -0.15) is 0 Å². The standard InChI is InChI=1S/C14H18O4/c1-11-9-12(10-14(15)18-11)3-2-6-17-13-4-7-16-8-5-13/h2-3,9-10,13H,4-8H2,1H3/b3-2+. The van der Waals surface area contributed by atoms with E-state index in [0.717, 1.165) is 31.6 Å². The fourth-order valence-electron chi connectivity index (χ4n) is 1.94. The smallest absolute Gasteiger partial charge is 0.336 e. The Labute approximate surface area is 106 Å². The molecule has 4 nitrogen and oxygen atoms in total. The van der Waals surface area contributed by atoms with Crippen molar-refractivity contribution in [3.8, 4) is 0 Å². The van der Waals surface area contributed by atoms with Crippen LogP contribution in [-0.4, -0.2) is 25.9 Å². The lowest BCUT2D eigenvalue weighted by atomic mass is 10.1. The Morgan fingerprint density at radius 2 is 2.17 bits per heavy atom. The predicted molar refractivity (Wildman–Crippen MR) is 68.5 cm³/mol. The number of hydrogen-bond donors (Lipinski definition) is 0. The Hall–Kier alpha value is -1.39. The van der Waals surface area contributed by atoms with E-state index in [4.69, 9.17) is 13.9 Å². The molecule has 0 N–H and O–H groups in total. The van der Waals surface area contributed by atoms with E-state index in [2.05, 4.69) is 0 Å². The molecule has 98 valence electrons. The van der Waals surface area contributed by atoms with Gasteiger partial charge in [0.1, 0.15) is 5.76 Å². The highest BCUT2D eigenvalue weighted by Gasteiger charge is 2.12. The molecular formula is C14H18O4. The van der Waals surface area contributed by atoms with Crippen molar-refractivity contribution < 1.29 is 13.9 Å². The summed E-state index contributed by atoms with van der Waals surface area (Å²) in [6, 6.07) is 3.30. The van der Waals surface area contributed by atoms with Gasteiger partial charge >= 0.3 is 5.63 Å². The van der Waals surface area contributed by atoms with Crippen LogP contribution in [0.25, 0.3) is 6.08 Å². The molecule has 0 amide bonds. The third-order valence-corrected chi connectivity index (χ3v) is 2.82. The molecule has 18 heavy (non-hydrogen) atoms. The summed E-state index contributed by atoms with van der Waals surface area (Å²) in [5.74, 6) is 0.618. The highest BCUT2D eigenvalue weighted by atomic mass is 16.5. The van der Waals surface area contributed by atoms with Gasteiger partial charge in [-0.3, -0.25) is 0 Å². The van der Waals surface area contributed by atoms with E-state index in [1.165, 1.54) is 6.07 Å². The molecular weight excluding hydrogens is 232 g/mol. The molecule has 1 fully saturated rings. The van der Waals surface area contributed by atoms with E-state index in [1.807, 2.05) is 18.2 Å². The normalized spacial score (nSPS) is 17.4. The monoisotopic (exact) mass is 250 g/mol. The summed E-state index contributed by atoms with van der Waals surface area (Å²) in [6.07, 6.45) is 6.02. The first kappa shape index (κ1) is 13.1. The molecule has 4 heteroatoms. The molecule has 1 aromatic heterocycles. The fraction of sp³-hybridized carbons (Fsp3) is 0.500. The first-order valence-electron chi connectivity index (χ1n) is 6.22. The minimum absolute atomic E-state index is 0.297. The van der Waals surface area contributed by atoms with E-state index in [9.17, 15) is 4.79 Å². The number of aryl methyl sites for hydroxylation is 1. The predicted octanol–water partition coefficient (Wildman–Crippen LogP) is 2.16. The van der Waals surface area contributed by atoms with E-state index in [-0.39, 0.29) is 5.63 Å². The lowest BCUT2D eigenvalue weighted by Crippen LogP contribution is -2.23. The van der Waals surface area contributed by atoms with Gasteiger partial charge in [0.2, 0.25) is 0 Å². The highest BCUT2D eigenvalue weighted by Crippen LogP contribution is 2.10. The van der Waals surface area contributed by atoms with Gasteiger partial charge in [-0.15, -0.1) is 0 Å². The van der Waals surface area contributed by atoms with Gasteiger partial charge in [0.25, 0.3) is 0 Å². The van der Waals surface area contributed by atoms with E-state index < -0.39 is 0 Å². The number of hydrogen-bond acceptors (Lipinski definition) is 4. The zero-order valence-corrected chi connectivity index (χ0v) is 10.6. The molecule has 1 saturated heterocycles. The van der Waals surface area contributed by atoms with Crippen molar-refractivity contribution >= 4 is 6.08 Å². The van der Waals surface area contributed by atoms with Crippen molar-refractivity contribution in [1.29, 1.82) is 0 Å². The van der Waals surface area contributed by atoms with Crippen LogP contribution in [0.4, 0.5) is 0 Å². The maximum atomic E-state index is 11.1. The Kier molecular flexibility index (Phi) is 4.73. The fourth-order valence-corrected chi connectivity index (χ4v) is 1.94. The van der Waals surface area contributed by atoms with Crippen LogP contribution in [0.15, 0.2) is 27.4 Å². The zero-order valence-electron chi connectivity index (χ0n) is 10.6. The molecule has 0 spiro atoms. The van der Waals surface area contributed by atoms with Crippen molar-refractivity contribution in [2.75, 3.05) is 19.8 Å². The zero-order chi connectivity index (χ0) is 12.8. The van der Waals surface area contributed by atoms with Gasteiger partial charge in [-0.05, 0) is 31.4 Å². The minimum Gasteiger partial charge on any atom is -0.428 e. The first-order chi connectivity index (χ1) is 8.74. The van der Waals surface area contributed by atoms with Crippen LogP contribution in [0, 0.1) is 6.92 Å². The van der Waals surface area contributed by atoms with Crippen molar-refractivity contribution in [2.24, 2.45) is 0 Å². The average Bonchev–Trinajstić information content (AvgIpc) is 2.35. The quantitative estimate of drug-likeness (QED) is 0.821. The van der Waals surface area contributed by atoms with E-state index in [0.29, 0.717) is 18.5 Å². The average molecular weight is 250 g/mol. The summed E-state index contributed by atoms with van der Waals surface area (Å²) in [6.45, 7) is 3.89. The number of ether oxygens (including phenoxy) is 2. The van der Waals surface area contributed by atoms with Gasteiger partial charge in [0.15, 0.2) is 0 Å². The minimum atomic E-state index is -0.319. The maximum Gasteiger partial charge on any atom is 0.336 e. The molecule has 1 aliphatic heterocycles. The SMILES string of the molecule is Cc1cc(/C=C/COC2CCOCC2)cc(=O)o1. The van der Waals surface area contributed by atoms with Gasteiger partial charge in [-0.25, -0.2) is 4.79 Å². The third kappa shape index (κ3) is 4.13. The molecule has 2 rings (SSSR count). The van der Waals surface area contributed by atoms with Crippen LogP contribution >= 0.6 is 0 Å². The van der Waals surface area contributed by atoms with E-state index >= 15 is 0 Å². The van der Waals surface area contributed by atoms with Gasteiger partial charge in [0, 0.05) is 19.3 Å². The summed E-state index contributed by atoms with van der Waals surface area (Å²) >= 11 is 0. The summed E-state index contributed by atoms with van der Waals surface area (Å²) in [5.41, 5.74) is 0.527. The molecule has 0 saturated carbocycles. The second kappa shape index (κ2) is 6.52. The molecule has 2 heterocycles. The lowest BCUT2D eigenvalue weighted by molar-refractivity contribution is -0.0220. The van der Waals surface area contributed by atoms with E-state index in [1.54, 1.807) is 6.92 Å². The maximum absolute atomic E-state index is 11.1. The largest absolute Gasteiger partial charge is 0.428 e. The van der Waals surface area contributed by atoms with Crippen LogP contribution in [0.2, 0.25) is 0 Å². The molecule has 0 bridgehead atoms. The Bertz CT molecular complexity index is 455. The Morgan fingerprint density at radius 1 is 1.39 bits per heavy atom. The van der Waals surface area contributed by atoms with Gasteiger partial charge in [-0.1, -0.05) is 12.2 Å². The molecule has 1 aromatic rings. The van der Waals surface area contributed by atoms with Crippen molar-refractivity contribution in [2.45, 2.75) is 25.9 Å². The first-order valence-corrected chi connectivity index (χ1v) is 6.22. The van der Waals surface area contributed by atoms with Crippen LogP contribution in [0.1, 0.15) is 24.2 Å². The van der Waals surface area contributed by atoms with Crippen molar-refractivity contribution in [3.63, 3.8) is 0 Å². The second-order valence-corrected chi connectivity index (χ2v) is 4.37. The molecule has 0 unspecified atom stereocenters. The second-order valence-electron chi connectivity index (χ2n) is 4.37. The lowest BCUT2D eigenvalue weighted by Gasteiger charge is -2.21. The van der Waals surface area contributed by atoms with Gasteiger partial charge in [0.05, 0.1) is 12.7 Å². The summed E-state index contributed by atoms with van der Waals surface area (Å²) in [4.78, 5) is 11.1. The molecule has 1 aliphatic rings.